The van der Waals surface area contributed by atoms with E-state index in [1.165, 1.54) is 16.4 Å². The second-order valence-electron chi connectivity index (χ2n) is 4.51. The summed E-state index contributed by atoms with van der Waals surface area (Å²) in [7, 11) is -3.80. The van der Waals surface area contributed by atoms with Crippen molar-refractivity contribution in [3.63, 3.8) is 0 Å². The molecule has 1 N–H and O–H groups in total. The van der Waals surface area contributed by atoms with E-state index in [-0.39, 0.29) is 23.0 Å². The molecule has 0 unspecified atom stereocenters. The predicted octanol–water partition coefficient (Wildman–Crippen LogP) is 1.39. The first kappa shape index (κ1) is 15.2. The molecule has 9 heteroatoms. The number of halogens is 1. The molecule has 0 saturated carbocycles. The molecule has 1 fully saturated rings. The van der Waals surface area contributed by atoms with E-state index in [9.17, 15) is 23.6 Å². The van der Waals surface area contributed by atoms with Crippen LogP contribution < -0.4 is 0 Å². The minimum Gasteiger partial charge on any atom is -0.393 e. The van der Waals surface area contributed by atoms with Gasteiger partial charge in [-0.2, -0.15) is 4.31 Å². The highest BCUT2D eigenvalue weighted by Crippen LogP contribution is 2.29. The topological polar surface area (TPSA) is 101 Å². The van der Waals surface area contributed by atoms with E-state index in [1.807, 2.05) is 0 Å². The summed E-state index contributed by atoms with van der Waals surface area (Å²) >= 11 is 5.66. The summed E-state index contributed by atoms with van der Waals surface area (Å²) in [6, 6.07) is 3.41. The molecule has 110 valence electrons. The molecule has 0 aromatic heterocycles. The molecular weight excluding hydrogens is 308 g/mol. The third kappa shape index (κ3) is 2.93. The first-order valence-electron chi connectivity index (χ1n) is 5.94. The molecule has 1 aliphatic heterocycles. The lowest BCUT2D eigenvalue weighted by molar-refractivity contribution is -0.384. The van der Waals surface area contributed by atoms with Crippen molar-refractivity contribution in [2.24, 2.45) is 0 Å². The molecule has 0 atom stereocenters. The average molecular weight is 321 g/mol. The van der Waals surface area contributed by atoms with E-state index >= 15 is 0 Å². The minimum atomic E-state index is -3.80. The van der Waals surface area contributed by atoms with Gasteiger partial charge in [-0.25, -0.2) is 8.42 Å². The van der Waals surface area contributed by atoms with Gasteiger partial charge in [0.1, 0.15) is 5.02 Å². The fourth-order valence-corrected chi connectivity index (χ4v) is 3.70. The molecule has 0 amide bonds. The third-order valence-electron chi connectivity index (χ3n) is 3.18. The molecule has 0 radical (unpaired) electrons. The molecule has 0 spiro atoms. The number of aliphatic hydroxyl groups excluding tert-OH is 1. The average Bonchev–Trinajstić information content (AvgIpc) is 2.39. The largest absolute Gasteiger partial charge is 0.393 e. The number of nitrogens with zero attached hydrogens (tertiary/aromatic N) is 2. The van der Waals surface area contributed by atoms with Crippen LogP contribution in [0.25, 0.3) is 0 Å². The first-order chi connectivity index (χ1) is 9.32. The van der Waals surface area contributed by atoms with E-state index in [4.69, 9.17) is 11.6 Å². The SMILES string of the molecule is O=[N+]([O-])c1cc(S(=O)(=O)N2CCC(O)CC2)ccc1Cl. The number of nitro benzene ring substituents is 1. The van der Waals surface area contributed by atoms with Crippen molar-refractivity contribution < 1.29 is 18.4 Å². The van der Waals surface area contributed by atoms with E-state index in [2.05, 4.69) is 0 Å². The Hall–Kier alpha value is -1.22. The lowest BCUT2D eigenvalue weighted by atomic mass is 10.1. The normalized spacial score (nSPS) is 18.1. The zero-order valence-electron chi connectivity index (χ0n) is 10.4. The van der Waals surface area contributed by atoms with Crippen LogP contribution in [-0.4, -0.2) is 41.9 Å². The van der Waals surface area contributed by atoms with Gasteiger partial charge in [-0.15, -0.1) is 0 Å². The van der Waals surface area contributed by atoms with E-state index in [0.717, 1.165) is 6.07 Å². The highest BCUT2D eigenvalue weighted by Gasteiger charge is 2.30. The maximum atomic E-state index is 12.4. The van der Waals surface area contributed by atoms with Gasteiger partial charge in [-0.05, 0) is 25.0 Å². The molecule has 1 aliphatic rings. The number of nitro groups is 1. The van der Waals surface area contributed by atoms with E-state index in [0.29, 0.717) is 12.8 Å². The van der Waals surface area contributed by atoms with E-state index < -0.39 is 26.7 Å². The lowest BCUT2D eigenvalue weighted by Gasteiger charge is -2.28. The first-order valence-corrected chi connectivity index (χ1v) is 7.76. The van der Waals surface area contributed by atoms with Crippen LogP contribution in [0.5, 0.6) is 0 Å². The van der Waals surface area contributed by atoms with Crippen LogP contribution in [0.4, 0.5) is 5.69 Å². The lowest BCUT2D eigenvalue weighted by Crippen LogP contribution is -2.39. The van der Waals surface area contributed by atoms with Gasteiger partial charge in [-0.3, -0.25) is 10.1 Å². The van der Waals surface area contributed by atoms with Gasteiger partial charge >= 0.3 is 0 Å². The molecule has 1 saturated heterocycles. The second kappa shape index (κ2) is 5.65. The van der Waals surface area contributed by atoms with Crippen molar-refractivity contribution >= 4 is 27.3 Å². The summed E-state index contributed by atoms with van der Waals surface area (Å²) in [4.78, 5) is 9.92. The Balaban J connectivity index is 2.35. The fourth-order valence-electron chi connectivity index (χ4n) is 2.02. The van der Waals surface area contributed by atoms with Crippen molar-refractivity contribution in [3.8, 4) is 0 Å². The van der Waals surface area contributed by atoms with E-state index in [1.54, 1.807) is 0 Å². The van der Waals surface area contributed by atoms with Crippen molar-refractivity contribution in [2.75, 3.05) is 13.1 Å². The van der Waals surface area contributed by atoms with Crippen LogP contribution in [0.2, 0.25) is 5.02 Å². The predicted molar refractivity (Wildman–Crippen MR) is 72.1 cm³/mol. The van der Waals surface area contributed by atoms with Gasteiger partial charge < -0.3 is 5.11 Å². The Kier molecular flexibility index (Phi) is 4.28. The molecule has 0 aliphatic carbocycles. The number of sulfonamides is 1. The van der Waals surface area contributed by atoms with Crippen LogP contribution in [0.1, 0.15) is 12.8 Å². The molecule has 1 heterocycles. The summed E-state index contributed by atoms with van der Waals surface area (Å²) in [5, 5.41) is 20.1. The molecule has 0 bridgehead atoms. The monoisotopic (exact) mass is 320 g/mol. The third-order valence-corrected chi connectivity index (χ3v) is 5.39. The Morgan fingerprint density at radius 2 is 1.95 bits per heavy atom. The standard InChI is InChI=1S/C11H13ClN2O5S/c12-10-2-1-9(7-11(10)14(16)17)20(18,19)13-5-3-8(15)4-6-13/h1-2,7-8,15H,3-6H2. The summed E-state index contributed by atoms with van der Waals surface area (Å²) in [5.41, 5.74) is -0.440. The number of rotatable bonds is 3. The molecule has 20 heavy (non-hydrogen) atoms. The van der Waals surface area contributed by atoms with Crippen LogP contribution in [0.15, 0.2) is 23.1 Å². The van der Waals surface area contributed by atoms with Crippen molar-refractivity contribution in [1.82, 2.24) is 4.31 Å². The maximum Gasteiger partial charge on any atom is 0.289 e. The summed E-state index contributed by atoms with van der Waals surface area (Å²) in [6.07, 6.45) is 0.213. The van der Waals surface area contributed by atoms with Crippen LogP contribution in [0, 0.1) is 10.1 Å². The zero-order chi connectivity index (χ0) is 14.9. The van der Waals surface area contributed by atoms with Crippen LogP contribution in [-0.2, 0) is 10.0 Å². The molecule has 1 aromatic rings. The number of hydrogen-bond donors (Lipinski definition) is 1. The summed E-state index contributed by atoms with van der Waals surface area (Å²) < 4.78 is 25.9. The minimum absolute atomic E-state index is 0.108. The highest BCUT2D eigenvalue weighted by molar-refractivity contribution is 7.89. The zero-order valence-corrected chi connectivity index (χ0v) is 12.0. The van der Waals surface area contributed by atoms with Crippen LogP contribution in [0.3, 0.4) is 0 Å². The smallest absolute Gasteiger partial charge is 0.289 e. The number of benzene rings is 1. The number of piperidine rings is 1. The Bertz CT molecular complexity index is 626. The Morgan fingerprint density at radius 1 is 1.35 bits per heavy atom. The quantitative estimate of drug-likeness (QED) is 0.670. The summed E-state index contributed by atoms with van der Waals surface area (Å²) in [5.74, 6) is 0. The van der Waals surface area contributed by atoms with Gasteiger partial charge in [-0.1, -0.05) is 11.6 Å². The number of hydrogen-bond acceptors (Lipinski definition) is 5. The van der Waals surface area contributed by atoms with Crippen molar-refractivity contribution in [1.29, 1.82) is 0 Å². The molecular formula is C11H13ClN2O5S. The van der Waals surface area contributed by atoms with Gasteiger partial charge in [0.25, 0.3) is 5.69 Å². The molecule has 7 nitrogen and oxygen atoms in total. The van der Waals surface area contributed by atoms with Crippen LogP contribution >= 0.6 is 11.6 Å². The second-order valence-corrected chi connectivity index (χ2v) is 6.85. The highest BCUT2D eigenvalue weighted by atomic mass is 35.5. The Labute approximate surface area is 121 Å². The van der Waals surface area contributed by atoms with Gasteiger partial charge in [0, 0.05) is 19.2 Å². The fraction of sp³-hybridized carbons (Fsp3) is 0.455. The van der Waals surface area contributed by atoms with Crippen molar-refractivity contribution in [3.05, 3.63) is 33.3 Å². The summed E-state index contributed by atoms with van der Waals surface area (Å²) in [6.45, 7) is 0.389. The van der Waals surface area contributed by atoms with Crippen molar-refractivity contribution in [2.45, 2.75) is 23.8 Å². The van der Waals surface area contributed by atoms with Gasteiger partial charge in [0.15, 0.2) is 0 Å². The molecule has 1 aromatic carbocycles. The number of aliphatic hydroxyl groups is 1. The Morgan fingerprint density at radius 3 is 2.50 bits per heavy atom. The molecule has 2 rings (SSSR count). The van der Waals surface area contributed by atoms with Gasteiger partial charge in [0.2, 0.25) is 10.0 Å². The van der Waals surface area contributed by atoms with Gasteiger partial charge in [0.05, 0.1) is 15.9 Å². The maximum absolute atomic E-state index is 12.4.